The number of nitrogens with zero attached hydrogens (tertiary/aromatic N) is 1. The number of anilines is 1. The number of benzene rings is 1. The molecule has 1 aromatic rings. The topological polar surface area (TPSA) is 27.3 Å². The zero-order valence-corrected chi connectivity index (χ0v) is 14.3. The first-order valence-corrected chi connectivity index (χ1v) is 8.47. The van der Waals surface area contributed by atoms with Crippen LogP contribution in [0.1, 0.15) is 26.7 Å². The Hall–Kier alpha value is -1.20. The van der Waals surface area contributed by atoms with Gasteiger partial charge in [-0.05, 0) is 55.6 Å². The fourth-order valence-corrected chi connectivity index (χ4v) is 3.42. The summed E-state index contributed by atoms with van der Waals surface area (Å²) < 4.78 is 13.5. The fraction of sp³-hybridized carbons (Fsp3) is 0.588. The van der Waals surface area contributed by atoms with Crippen LogP contribution in [-0.2, 0) is 0 Å². The molecule has 1 aliphatic rings. The predicted octanol–water partition coefficient (Wildman–Crippen LogP) is 3.48. The Morgan fingerprint density at radius 1 is 1.27 bits per heavy atom. The van der Waals surface area contributed by atoms with Crippen molar-refractivity contribution in [3.8, 4) is 0 Å². The lowest BCUT2D eigenvalue weighted by Crippen LogP contribution is -2.40. The summed E-state index contributed by atoms with van der Waals surface area (Å²) in [4.78, 5) is 2.54. The van der Waals surface area contributed by atoms with E-state index < -0.39 is 0 Å². The maximum absolute atomic E-state index is 13.5. The van der Waals surface area contributed by atoms with Crippen LogP contribution in [0.15, 0.2) is 24.3 Å². The van der Waals surface area contributed by atoms with Gasteiger partial charge >= 0.3 is 0 Å². The molecule has 0 saturated carbocycles. The largest absolute Gasteiger partial charge is 0.362 e. The summed E-state index contributed by atoms with van der Waals surface area (Å²) in [5.74, 6) is 1.30. The average molecular weight is 323 g/mol. The van der Waals surface area contributed by atoms with Crippen LogP contribution in [0, 0.1) is 17.7 Å². The van der Waals surface area contributed by atoms with Crippen LogP contribution in [-0.4, -0.2) is 36.2 Å². The van der Waals surface area contributed by atoms with E-state index in [1.807, 2.05) is 0 Å². The summed E-state index contributed by atoms with van der Waals surface area (Å²) in [6, 6.07) is 6.55. The minimum absolute atomic E-state index is 0.289. The van der Waals surface area contributed by atoms with Crippen LogP contribution in [0.4, 0.5) is 10.1 Å². The first-order valence-electron chi connectivity index (χ1n) is 8.06. The first-order chi connectivity index (χ1) is 10.5. The maximum atomic E-state index is 13.5. The second-order valence-corrected chi connectivity index (χ2v) is 6.83. The van der Waals surface area contributed by atoms with Crippen LogP contribution in [0.2, 0.25) is 0 Å². The van der Waals surface area contributed by atoms with Crippen molar-refractivity contribution < 1.29 is 4.39 Å². The minimum atomic E-state index is -0.289. The Labute approximate surface area is 138 Å². The predicted molar refractivity (Wildman–Crippen MR) is 94.6 cm³/mol. The third-order valence-electron chi connectivity index (χ3n) is 4.00. The van der Waals surface area contributed by atoms with E-state index in [1.165, 1.54) is 25.6 Å². The van der Waals surface area contributed by atoms with Crippen LogP contribution in [0.3, 0.4) is 0 Å². The van der Waals surface area contributed by atoms with Crippen molar-refractivity contribution in [2.75, 3.05) is 31.5 Å². The monoisotopic (exact) mass is 323 g/mol. The molecule has 2 N–H and O–H groups in total. The first kappa shape index (κ1) is 17.2. The van der Waals surface area contributed by atoms with Gasteiger partial charge in [0.15, 0.2) is 5.11 Å². The van der Waals surface area contributed by atoms with Gasteiger partial charge in [0.25, 0.3) is 0 Å². The summed E-state index contributed by atoms with van der Waals surface area (Å²) in [5, 5.41) is 6.52. The summed E-state index contributed by atoms with van der Waals surface area (Å²) in [5.41, 5.74) is 0.415. The normalized spacial score (nSPS) is 22.3. The zero-order chi connectivity index (χ0) is 15.9. The van der Waals surface area contributed by atoms with Gasteiger partial charge in [0, 0.05) is 19.6 Å². The number of nitrogens with one attached hydrogen (secondary N) is 2. The third kappa shape index (κ3) is 5.54. The molecule has 0 bridgehead atoms. The molecule has 2 atom stereocenters. The van der Waals surface area contributed by atoms with Crippen molar-refractivity contribution >= 4 is 23.0 Å². The molecule has 0 spiro atoms. The average Bonchev–Trinajstić information content (AvgIpc) is 2.45. The Kier molecular flexibility index (Phi) is 6.58. The summed E-state index contributed by atoms with van der Waals surface area (Å²) in [6.07, 6.45) is 2.38. The lowest BCUT2D eigenvalue weighted by atomic mass is 9.92. The molecule has 1 heterocycles. The van der Waals surface area contributed by atoms with Crippen LogP contribution >= 0.6 is 12.2 Å². The zero-order valence-electron chi connectivity index (χ0n) is 13.4. The second-order valence-electron chi connectivity index (χ2n) is 6.42. The van der Waals surface area contributed by atoms with Gasteiger partial charge in [-0.2, -0.15) is 0 Å². The highest BCUT2D eigenvalue weighted by Gasteiger charge is 2.20. The van der Waals surface area contributed by atoms with Gasteiger partial charge in [-0.1, -0.05) is 26.0 Å². The van der Waals surface area contributed by atoms with E-state index in [4.69, 9.17) is 12.2 Å². The van der Waals surface area contributed by atoms with Crippen molar-refractivity contribution in [3.05, 3.63) is 30.1 Å². The summed E-state index contributed by atoms with van der Waals surface area (Å²) in [6.45, 7) is 8.94. The van der Waals surface area contributed by atoms with E-state index in [0.717, 1.165) is 31.3 Å². The molecule has 0 aromatic heterocycles. The number of rotatable bonds is 5. The number of hydrogen-bond acceptors (Lipinski definition) is 2. The van der Waals surface area contributed by atoms with Crippen LogP contribution in [0.25, 0.3) is 0 Å². The van der Waals surface area contributed by atoms with E-state index in [0.29, 0.717) is 10.8 Å². The molecule has 0 aliphatic carbocycles. The SMILES string of the molecule is C[C@H]1C[C@H](C)CN(CCCNC(=S)Nc2ccccc2F)C1. The fourth-order valence-electron chi connectivity index (χ4n) is 3.21. The number of likely N-dealkylation sites (tertiary alicyclic amines) is 1. The highest BCUT2D eigenvalue weighted by molar-refractivity contribution is 7.80. The van der Waals surface area contributed by atoms with Gasteiger partial charge in [-0.3, -0.25) is 0 Å². The van der Waals surface area contributed by atoms with Crippen molar-refractivity contribution in [1.82, 2.24) is 10.2 Å². The van der Waals surface area contributed by atoms with Crippen molar-refractivity contribution in [1.29, 1.82) is 0 Å². The molecular formula is C17H26FN3S. The van der Waals surface area contributed by atoms with E-state index in [9.17, 15) is 4.39 Å². The number of piperidine rings is 1. The molecule has 0 radical (unpaired) electrons. The lowest BCUT2D eigenvalue weighted by Gasteiger charge is -2.34. The highest BCUT2D eigenvalue weighted by Crippen LogP contribution is 2.20. The Morgan fingerprint density at radius 3 is 2.64 bits per heavy atom. The van der Waals surface area contributed by atoms with Crippen LogP contribution < -0.4 is 10.6 Å². The molecule has 0 unspecified atom stereocenters. The molecule has 5 heteroatoms. The molecular weight excluding hydrogens is 297 g/mol. The van der Waals surface area contributed by atoms with E-state index in [-0.39, 0.29) is 5.82 Å². The van der Waals surface area contributed by atoms with Crippen LogP contribution in [0.5, 0.6) is 0 Å². The molecule has 122 valence electrons. The van der Waals surface area contributed by atoms with E-state index in [1.54, 1.807) is 18.2 Å². The molecule has 22 heavy (non-hydrogen) atoms. The smallest absolute Gasteiger partial charge is 0.170 e. The highest BCUT2D eigenvalue weighted by atomic mass is 32.1. The number of thiocarbonyl (C=S) groups is 1. The van der Waals surface area contributed by atoms with Gasteiger partial charge in [-0.15, -0.1) is 0 Å². The second kappa shape index (κ2) is 8.44. The summed E-state index contributed by atoms with van der Waals surface area (Å²) >= 11 is 5.20. The minimum Gasteiger partial charge on any atom is -0.362 e. The molecule has 1 fully saturated rings. The van der Waals surface area contributed by atoms with Gasteiger partial charge in [0.2, 0.25) is 0 Å². The third-order valence-corrected chi connectivity index (χ3v) is 4.25. The molecule has 1 saturated heterocycles. The Balaban J connectivity index is 1.64. The standard InChI is InChI=1S/C17H26FN3S/c1-13-10-14(2)12-21(11-13)9-5-8-19-17(22)20-16-7-4-3-6-15(16)18/h3-4,6-7,13-14H,5,8-12H2,1-2H3,(H2,19,20,22)/t13-,14-/m0/s1. The Morgan fingerprint density at radius 2 is 1.95 bits per heavy atom. The number of para-hydroxylation sites is 1. The van der Waals surface area contributed by atoms with Crippen molar-refractivity contribution in [2.45, 2.75) is 26.7 Å². The number of halogens is 1. The quantitative estimate of drug-likeness (QED) is 0.641. The molecule has 1 aliphatic heterocycles. The lowest BCUT2D eigenvalue weighted by molar-refractivity contribution is 0.140. The molecule has 0 amide bonds. The summed E-state index contributed by atoms with van der Waals surface area (Å²) in [7, 11) is 0. The molecule has 1 aromatic carbocycles. The van der Waals surface area contributed by atoms with E-state index in [2.05, 4.69) is 29.4 Å². The van der Waals surface area contributed by atoms with E-state index >= 15 is 0 Å². The van der Waals surface area contributed by atoms with Gasteiger partial charge in [0.05, 0.1) is 5.69 Å². The Bertz CT molecular complexity index is 485. The van der Waals surface area contributed by atoms with Gasteiger partial charge < -0.3 is 15.5 Å². The maximum Gasteiger partial charge on any atom is 0.170 e. The van der Waals surface area contributed by atoms with Gasteiger partial charge in [0.1, 0.15) is 5.82 Å². The van der Waals surface area contributed by atoms with Gasteiger partial charge in [-0.25, -0.2) is 4.39 Å². The number of hydrogen-bond donors (Lipinski definition) is 2. The molecule has 3 nitrogen and oxygen atoms in total. The molecule has 2 rings (SSSR count). The van der Waals surface area contributed by atoms with Crippen molar-refractivity contribution in [3.63, 3.8) is 0 Å². The van der Waals surface area contributed by atoms with Crippen molar-refractivity contribution in [2.24, 2.45) is 11.8 Å².